The molecule has 1 atom stereocenters. The first-order chi connectivity index (χ1) is 9.08. The van der Waals surface area contributed by atoms with Crippen molar-refractivity contribution in [2.75, 3.05) is 6.61 Å². The summed E-state index contributed by atoms with van der Waals surface area (Å²) in [5.74, 6) is -2.32. The molecule has 0 aliphatic heterocycles. The van der Waals surface area contributed by atoms with E-state index in [9.17, 15) is 17.2 Å². The molecule has 1 aromatic carbocycles. The fourth-order valence-electron chi connectivity index (χ4n) is 1.70. The van der Waals surface area contributed by atoms with Crippen LogP contribution in [0.1, 0.15) is 27.2 Å². The van der Waals surface area contributed by atoms with E-state index in [2.05, 4.69) is 4.72 Å². The van der Waals surface area contributed by atoms with Gasteiger partial charge in [0.05, 0.1) is 4.90 Å². The lowest BCUT2D eigenvalue weighted by molar-refractivity contribution is 0.214. The van der Waals surface area contributed by atoms with Gasteiger partial charge in [-0.1, -0.05) is 20.8 Å². The third-order valence-corrected chi connectivity index (χ3v) is 4.43. The third-order valence-electron chi connectivity index (χ3n) is 2.96. The highest BCUT2D eigenvalue weighted by atomic mass is 32.2. The fraction of sp³-hybridized carbons (Fsp3) is 0.538. The molecule has 0 fully saturated rings. The summed E-state index contributed by atoms with van der Waals surface area (Å²) in [7, 11) is -3.97. The second kappa shape index (κ2) is 6.15. The highest BCUT2D eigenvalue weighted by Gasteiger charge is 2.29. The van der Waals surface area contributed by atoms with Crippen LogP contribution in [-0.4, -0.2) is 26.2 Å². The second-order valence-electron chi connectivity index (χ2n) is 5.63. The zero-order valence-electron chi connectivity index (χ0n) is 11.7. The van der Waals surface area contributed by atoms with Gasteiger partial charge < -0.3 is 5.11 Å². The monoisotopic (exact) mass is 307 g/mol. The zero-order chi connectivity index (χ0) is 15.6. The van der Waals surface area contributed by atoms with Crippen molar-refractivity contribution in [2.24, 2.45) is 5.41 Å². The molecule has 7 heteroatoms. The van der Waals surface area contributed by atoms with E-state index in [1.807, 2.05) is 20.8 Å². The number of halogens is 2. The van der Waals surface area contributed by atoms with Gasteiger partial charge in [0.1, 0.15) is 0 Å². The largest absolute Gasteiger partial charge is 0.396 e. The number of aliphatic hydroxyl groups is 1. The van der Waals surface area contributed by atoms with Crippen molar-refractivity contribution < 1.29 is 22.3 Å². The Kier molecular flexibility index (Phi) is 5.23. The summed E-state index contributed by atoms with van der Waals surface area (Å²) >= 11 is 0. The Morgan fingerprint density at radius 1 is 1.25 bits per heavy atom. The molecule has 0 aliphatic rings. The van der Waals surface area contributed by atoms with Crippen LogP contribution in [0.3, 0.4) is 0 Å². The zero-order valence-corrected chi connectivity index (χ0v) is 12.5. The number of rotatable bonds is 5. The van der Waals surface area contributed by atoms with E-state index in [4.69, 9.17) is 5.11 Å². The Hall–Kier alpha value is -1.05. The smallest absolute Gasteiger partial charge is 0.240 e. The van der Waals surface area contributed by atoms with E-state index in [1.165, 1.54) is 0 Å². The number of aliphatic hydroxyl groups excluding tert-OH is 1. The molecule has 1 rings (SSSR count). The molecule has 0 radical (unpaired) electrons. The van der Waals surface area contributed by atoms with E-state index < -0.39 is 33.1 Å². The van der Waals surface area contributed by atoms with Crippen molar-refractivity contribution >= 4 is 10.0 Å². The van der Waals surface area contributed by atoms with Gasteiger partial charge in [0.15, 0.2) is 11.6 Å². The third kappa shape index (κ3) is 4.22. The standard InChI is InChI=1S/C13H19F2NO3S/c1-13(2,3)12(6-7-17)16-20(18,19)9-4-5-10(14)11(15)8-9/h4-5,8,12,16-17H,6-7H2,1-3H3/t12-/m1/s1. The highest BCUT2D eigenvalue weighted by molar-refractivity contribution is 7.89. The van der Waals surface area contributed by atoms with Gasteiger partial charge in [-0.15, -0.1) is 0 Å². The predicted octanol–water partition coefficient (Wildman–Crippen LogP) is 2.04. The van der Waals surface area contributed by atoms with Crippen LogP contribution in [0, 0.1) is 17.0 Å². The van der Waals surface area contributed by atoms with Gasteiger partial charge >= 0.3 is 0 Å². The first kappa shape index (κ1) is 17.0. The summed E-state index contributed by atoms with van der Waals surface area (Å²) < 4.78 is 52.7. The number of hydrogen-bond acceptors (Lipinski definition) is 3. The van der Waals surface area contributed by atoms with E-state index >= 15 is 0 Å². The van der Waals surface area contributed by atoms with Crippen LogP contribution >= 0.6 is 0 Å². The van der Waals surface area contributed by atoms with Crippen LogP contribution in [0.2, 0.25) is 0 Å². The molecule has 0 amide bonds. The molecule has 0 aromatic heterocycles. The number of hydrogen-bond donors (Lipinski definition) is 2. The normalized spacial score (nSPS) is 14.3. The maximum absolute atomic E-state index is 13.1. The lowest BCUT2D eigenvalue weighted by atomic mass is 9.86. The van der Waals surface area contributed by atoms with Crippen molar-refractivity contribution in [3.05, 3.63) is 29.8 Å². The lowest BCUT2D eigenvalue weighted by Crippen LogP contribution is -2.44. The van der Waals surface area contributed by atoms with Crippen molar-refractivity contribution in [3.63, 3.8) is 0 Å². The first-order valence-corrected chi connectivity index (χ1v) is 7.64. The molecule has 0 unspecified atom stereocenters. The number of sulfonamides is 1. The minimum Gasteiger partial charge on any atom is -0.396 e. The fourth-order valence-corrected chi connectivity index (χ4v) is 3.19. The molecule has 1 aromatic rings. The summed E-state index contributed by atoms with van der Waals surface area (Å²) in [5.41, 5.74) is -0.422. The Morgan fingerprint density at radius 2 is 1.85 bits per heavy atom. The summed E-state index contributed by atoms with van der Waals surface area (Å²) in [5, 5.41) is 9.00. The maximum Gasteiger partial charge on any atom is 0.240 e. The second-order valence-corrected chi connectivity index (χ2v) is 7.34. The topological polar surface area (TPSA) is 66.4 Å². The molecule has 0 bridgehead atoms. The molecule has 0 spiro atoms. The molecule has 0 saturated heterocycles. The SMILES string of the molecule is CC(C)(C)[C@@H](CCO)NS(=O)(=O)c1ccc(F)c(F)c1. The molecule has 20 heavy (non-hydrogen) atoms. The molecule has 114 valence electrons. The van der Waals surface area contributed by atoms with Crippen molar-refractivity contribution in [1.29, 1.82) is 0 Å². The minimum absolute atomic E-state index is 0.178. The van der Waals surface area contributed by atoms with Gasteiger partial charge in [0.2, 0.25) is 10.0 Å². The average molecular weight is 307 g/mol. The Balaban J connectivity index is 3.06. The average Bonchev–Trinajstić information content (AvgIpc) is 2.30. The van der Waals surface area contributed by atoms with E-state index in [0.717, 1.165) is 12.1 Å². The molecule has 0 heterocycles. The number of benzene rings is 1. The van der Waals surface area contributed by atoms with Gasteiger partial charge in [0, 0.05) is 12.6 Å². The van der Waals surface area contributed by atoms with Gasteiger partial charge in [-0.25, -0.2) is 21.9 Å². The van der Waals surface area contributed by atoms with Crippen LogP contribution in [0.15, 0.2) is 23.1 Å². The van der Waals surface area contributed by atoms with E-state index in [0.29, 0.717) is 6.07 Å². The van der Waals surface area contributed by atoms with Crippen LogP contribution in [0.25, 0.3) is 0 Å². The van der Waals surface area contributed by atoms with Crippen LogP contribution < -0.4 is 4.72 Å². The van der Waals surface area contributed by atoms with Gasteiger partial charge in [-0.3, -0.25) is 0 Å². The lowest BCUT2D eigenvalue weighted by Gasteiger charge is -2.30. The highest BCUT2D eigenvalue weighted by Crippen LogP contribution is 2.24. The molecule has 0 saturated carbocycles. The van der Waals surface area contributed by atoms with Gasteiger partial charge in [0.25, 0.3) is 0 Å². The van der Waals surface area contributed by atoms with Crippen molar-refractivity contribution in [3.8, 4) is 0 Å². The Bertz CT molecular complexity index is 567. The summed E-state index contributed by atoms with van der Waals surface area (Å²) in [6.07, 6.45) is 0.229. The Labute approximate surface area is 117 Å². The Morgan fingerprint density at radius 3 is 2.30 bits per heavy atom. The quantitative estimate of drug-likeness (QED) is 0.875. The number of nitrogens with one attached hydrogen (secondary N) is 1. The van der Waals surface area contributed by atoms with E-state index in [-0.39, 0.29) is 17.9 Å². The van der Waals surface area contributed by atoms with Gasteiger partial charge in [-0.05, 0) is 30.0 Å². The summed E-state index contributed by atoms with van der Waals surface area (Å²) in [4.78, 5) is -0.344. The molecular weight excluding hydrogens is 288 g/mol. The van der Waals surface area contributed by atoms with Gasteiger partial charge in [-0.2, -0.15) is 0 Å². The summed E-state index contributed by atoms with van der Waals surface area (Å²) in [6, 6.07) is 1.88. The first-order valence-electron chi connectivity index (χ1n) is 6.16. The maximum atomic E-state index is 13.1. The van der Waals surface area contributed by atoms with Crippen molar-refractivity contribution in [2.45, 2.75) is 38.1 Å². The van der Waals surface area contributed by atoms with Crippen LogP contribution in [-0.2, 0) is 10.0 Å². The van der Waals surface area contributed by atoms with Crippen molar-refractivity contribution in [1.82, 2.24) is 4.72 Å². The summed E-state index contributed by atoms with van der Waals surface area (Å²) in [6.45, 7) is 5.28. The molecule has 4 nitrogen and oxygen atoms in total. The molecule has 0 aliphatic carbocycles. The van der Waals surface area contributed by atoms with E-state index in [1.54, 1.807) is 0 Å². The molecule has 2 N–H and O–H groups in total. The van der Waals surface area contributed by atoms with Crippen LogP contribution in [0.5, 0.6) is 0 Å². The predicted molar refractivity (Wildman–Crippen MR) is 71.6 cm³/mol. The molecular formula is C13H19F2NO3S. The minimum atomic E-state index is -3.97. The van der Waals surface area contributed by atoms with Crippen LogP contribution in [0.4, 0.5) is 8.78 Å².